The molecule has 1 N–H and O–H groups in total. The number of nitrogens with one attached hydrogen (secondary N) is 1. The second-order valence-electron chi connectivity index (χ2n) is 6.58. The summed E-state index contributed by atoms with van der Waals surface area (Å²) in [5.41, 5.74) is 1.15. The van der Waals surface area contributed by atoms with Crippen molar-refractivity contribution in [3.63, 3.8) is 0 Å². The van der Waals surface area contributed by atoms with Gasteiger partial charge < -0.3 is 19.9 Å². The number of anilines is 2. The number of aromatic nitrogens is 1. The van der Waals surface area contributed by atoms with Crippen molar-refractivity contribution in [2.45, 2.75) is 32.9 Å². The highest BCUT2D eigenvalue weighted by Crippen LogP contribution is 2.27. The summed E-state index contributed by atoms with van der Waals surface area (Å²) in [6.45, 7) is 7.09. The van der Waals surface area contributed by atoms with Crippen LogP contribution in [0.25, 0.3) is 0 Å². The number of halogens is 3. The van der Waals surface area contributed by atoms with Crippen molar-refractivity contribution in [1.82, 2.24) is 10.3 Å². The third-order valence-corrected chi connectivity index (χ3v) is 4.50. The molecule has 1 saturated heterocycles. The van der Waals surface area contributed by atoms with Crippen molar-refractivity contribution in [2.24, 2.45) is 0 Å². The number of aryl methyl sites for hydroxylation is 1. The van der Waals surface area contributed by atoms with Gasteiger partial charge in [0.15, 0.2) is 0 Å². The largest absolute Gasteiger partial charge is 0.389 e. The molecule has 0 bridgehead atoms. The average molecular weight is 388 g/mol. The van der Waals surface area contributed by atoms with Crippen LogP contribution in [0.2, 0.25) is 0 Å². The summed E-state index contributed by atoms with van der Waals surface area (Å²) in [4.78, 5) is 21.3. The van der Waals surface area contributed by atoms with Crippen molar-refractivity contribution < 1.29 is 22.7 Å². The van der Waals surface area contributed by atoms with Gasteiger partial charge in [0.25, 0.3) is 5.91 Å². The van der Waals surface area contributed by atoms with Crippen LogP contribution in [0, 0.1) is 6.92 Å². The lowest BCUT2D eigenvalue weighted by Gasteiger charge is -2.30. The van der Waals surface area contributed by atoms with Gasteiger partial charge in [0.1, 0.15) is 11.6 Å². The SMILES string of the molecule is CCN(C)c1nc(N2CCOCC2)cc(C)c1C(=O)NCCCC(F)(F)F. The first kappa shape index (κ1) is 21.3. The van der Waals surface area contributed by atoms with Crippen LogP contribution in [-0.4, -0.2) is 63.5 Å². The fourth-order valence-corrected chi connectivity index (χ4v) is 2.88. The van der Waals surface area contributed by atoms with Crippen LogP contribution in [0.1, 0.15) is 35.7 Å². The van der Waals surface area contributed by atoms with Crippen molar-refractivity contribution in [1.29, 1.82) is 0 Å². The molecule has 0 aromatic carbocycles. The number of pyridine rings is 1. The number of morpholine rings is 1. The van der Waals surface area contributed by atoms with Crippen LogP contribution in [0.3, 0.4) is 0 Å². The number of ether oxygens (including phenoxy) is 1. The molecule has 1 aliphatic rings. The third-order valence-electron chi connectivity index (χ3n) is 4.50. The summed E-state index contributed by atoms with van der Waals surface area (Å²) in [5, 5.41) is 2.59. The van der Waals surface area contributed by atoms with E-state index in [4.69, 9.17) is 4.74 Å². The first-order valence-electron chi connectivity index (χ1n) is 9.13. The molecule has 1 fully saturated rings. The van der Waals surface area contributed by atoms with E-state index in [1.165, 1.54) is 0 Å². The van der Waals surface area contributed by atoms with E-state index >= 15 is 0 Å². The predicted octanol–water partition coefficient (Wildman–Crippen LogP) is 2.76. The Kier molecular flexibility index (Phi) is 7.29. The standard InChI is InChI=1S/C18H27F3N4O2/c1-4-24(3)16-15(17(26)22-7-5-6-18(19,20)21)13(2)12-14(23-16)25-8-10-27-11-9-25/h12H,4-11H2,1-3H3,(H,22,26). The highest BCUT2D eigenvalue weighted by Gasteiger charge is 2.26. The Labute approximate surface area is 157 Å². The zero-order valence-electron chi connectivity index (χ0n) is 16.0. The number of hydrogen-bond acceptors (Lipinski definition) is 5. The number of hydrogen-bond donors (Lipinski definition) is 1. The quantitative estimate of drug-likeness (QED) is 0.728. The normalized spacial score (nSPS) is 15.0. The molecule has 1 amide bonds. The maximum Gasteiger partial charge on any atom is 0.389 e. The van der Waals surface area contributed by atoms with Crippen LogP contribution in [0.5, 0.6) is 0 Å². The van der Waals surface area contributed by atoms with Crippen molar-refractivity contribution in [3.05, 3.63) is 17.2 Å². The zero-order chi connectivity index (χ0) is 20.0. The van der Waals surface area contributed by atoms with Gasteiger partial charge in [-0.2, -0.15) is 13.2 Å². The summed E-state index contributed by atoms with van der Waals surface area (Å²) in [5.74, 6) is 0.915. The highest BCUT2D eigenvalue weighted by molar-refractivity contribution is 6.00. The summed E-state index contributed by atoms with van der Waals surface area (Å²) in [7, 11) is 1.84. The molecule has 0 aliphatic carbocycles. The van der Waals surface area contributed by atoms with Gasteiger partial charge >= 0.3 is 6.18 Å². The van der Waals surface area contributed by atoms with E-state index in [9.17, 15) is 18.0 Å². The van der Waals surface area contributed by atoms with Gasteiger partial charge in [-0.05, 0) is 31.9 Å². The highest BCUT2D eigenvalue weighted by atomic mass is 19.4. The van der Waals surface area contributed by atoms with E-state index in [0.29, 0.717) is 31.1 Å². The Morgan fingerprint density at radius 2 is 2.04 bits per heavy atom. The summed E-state index contributed by atoms with van der Waals surface area (Å²) in [6, 6.07) is 1.85. The van der Waals surface area contributed by atoms with Crippen molar-refractivity contribution in [3.8, 4) is 0 Å². The number of carbonyl (C=O) groups is 1. The lowest BCUT2D eigenvalue weighted by Crippen LogP contribution is -2.37. The molecule has 2 heterocycles. The summed E-state index contributed by atoms with van der Waals surface area (Å²) in [6.07, 6.45) is -5.27. The Morgan fingerprint density at radius 1 is 1.37 bits per heavy atom. The Balaban J connectivity index is 2.19. The van der Waals surface area contributed by atoms with E-state index in [-0.39, 0.29) is 13.0 Å². The maximum absolute atomic E-state index is 12.6. The van der Waals surface area contributed by atoms with E-state index in [2.05, 4.69) is 15.2 Å². The van der Waals surface area contributed by atoms with Crippen LogP contribution in [0.15, 0.2) is 6.07 Å². The minimum absolute atomic E-state index is 0.0295. The minimum Gasteiger partial charge on any atom is -0.378 e. The summed E-state index contributed by atoms with van der Waals surface area (Å²) < 4.78 is 42.2. The topological polar surface area (TPSA) is 57.7 Å². The predicted molar refractivity (Wildman–Crippen MR) is 98.6 cm³/mol. The van der Waals surface area contributed by atoms with E-state index in [1.807, 2.05) is 31.9 Å². The second kappa shape index (κ2) is 9.25. The molecular formula is C18H27F3N4O2. The number of nitrogens with zero attached hydrogens (tertiary/aromatic N) is 3. The van der Waals surface area contributed by atoms with Gasteiger partial charge in [-0.1, -0.05) is 0 Å². The Bertz CT molecular complexity index is 646. The third kappa shape index (κ3) is 5.98. The van der Waals surface area contributed by atoms with Gasteiger partial charge in [-0.15, -0.1) is 0 Å². The first-order chi connectivity index (χ1) is 12.7. The summed E-state index contributed by atoms with van der Waals surface area (Å²) >= 11 is 0. The molecule has 2 rings (SSSR count). The lowest BCUT2D eigenvalue weighted by atomic mass is 10.1. The second-order valence-corrected chi connectivity index (χ2v) is 6.58. The molecule has 0 radical (unpaired) electrons. The molecule has 0 unspecified atom stereocenters. The van der Waals surface area contributed by atoms with E-state index < -0.39 is 18.5 Å². The molecule has 1 aromatic rings. The molecule has 0 spiro atoms. The van der Waals surface area contributed by atoms with Gasteiger partial charge in [-0.3, -0.25) is 4.79 Å². The molecule has 152 valence electrons. The van der Waals surface area contributed by atoms with Crippen molar-refractivity contribution >= 4 is 17.5 Å². The Hall–Kier alpha value is -2.03. The van der Waals surface area contributed by atoms with Crippen LogP contribution in [-0.2, 0) is 4.74 Å². The molecule has 0 saturated carbocycles. The van der Waals surface area contributed by atoms with Gasteiger partial charge in [0, 0.05) is 39.6 Å². The fraction of sp³-hybridized carbons (Fsp3) is 0.667. The van der Waals surface area contributed by atoms with E-state index in [1.54, 1.807) is 0 Å². The van der Waals surface area contributed by atoms with Crippen LogP contribution < -0.4 is 15.1 Å². The van der Waals surface area contributed by atoms with Crippen molar-refractivity contribution in [2.75, 3.05) is 56.2 Å². The molecular weight excluding hydrogens is 361 g/mol. The van der Waals surface area contributed by atoms with Crippen LogP contribution >= 0.6 is 0 Å². The van der Waals surface area contributed by atoms with E-state index in [0.717, 1.165) is 24.5 Å². The number of carbonyl (C=O) groups excluding carboxylic acids is 1. The maximum atomic E-state index is 12.6. The number of alkyl halides is 3. The zero-order valence-corrected chi connectivity index (χ0v) is 16.0. The van der Waals surface area contributed by atoms with Gasteiger partial charge in [0.05, 0.1) is 18.8 Å². The van der Waals surface area contributed by atoms with Crippen LogP contribution in [0.4, 0.5) is 24.8 Å². The minimum atomic E-state index is -4.21. The molecule has 9 heteroatoms. The molecule has 27 heavy (non-hydrogen) atoms. The van der Waals surface area contributed by atoms with Gasteiger partial charge in [-0.25, -0.2) is 4.98 Å². The molecule has 0 atom stereocenters. The Morgan fingerprint density at radius 3 is 2.63 bits per heavy atom. The average Bonchev–Trinajstić information content (AvgIpc) is 2.63. The number of rotatable bonds is 7. The fourth-order valence-electron chi connectivity index (χ4n) is 2.88. The molecule has 6 nitrogen and oxygen atoms in total. The van der Waals surface area contributed by atoms with Gasteiger partial charge in [0.2, 0.25) is 0 Å². The smallest absolute Gasteiger partial charge is 0.378 e. The lowest BCUT2D eigenvalue weighted by molar-refractivity contribution is -0.135. The molecule has 1 aliphatic heterocycles. The number of amides is 1. The molecule has 1 aromatic heterocycles. The monoisotopic (exact) mass is 388 g/mol. The first-order valence-corrected chi connectivity index (χ1v) is 9.13.